The van der Waals surface area contributed by atoms with E-state index in [0.29, 0.717) is 29.7 Å². The molecule has 1 aliphatic heterocycles. The van der Waals surface area contributed by atoms with Gasteiger partial charge in [-0.05, 0) is 29.8 Å². The van der Waals surface area contributed by atoms with E-state index < -0.39 is 0 Å². The Kier molecular flexibility index (Phi) is 4.94. The molecule has 0 radical (unpaired) electrons. The molecular weight excluding hydrogens is 351 g/mol. The number of carbonyl (C=O) groups excluding carboxylic acids is 1. The fourth-order valence-electron chi connectivity index (χ4n) is 2.68. The summed E-state index contributed by atoms with van der Waals surface area (Å²) in [5.74, 6) is -0.287. The molecule has 1 aliphatic rings. The van der Waals surface area contributed by atoms with Crippen molar-refractivity contribution in [3.63, 3.8) is 0 Å². The van der Waals surface area contributed by atoms with Crippen molar-refractivity contribution in [2.24, 2.45) is 7.05 Å². The lowest BCUT2D eigenvalue weighted by atomic mass is 10.1. The Morgan fingerprint density at radius 1 is 1.25 bits per heavy atom. The first kappa shape index (κ1) is 17.0. The SMILES string of the molecule is Cn1cccc(C(=O)N2CCOC(c3ccc(Cl)c(Cl)c3)C2)c1=O. The number of pyridine rings is 1. The van der Waals surface area contributed by atoms with Crippen molar-refractivity contribution in [3.05, 3.63) is 68.1 Å². The van der Waals surface area contributed by atoms with Crippen molar-refractivity contribution in [1.82, 2.24) is 9.47 Å². The maximum Gasteiger partial charge on any atom is 0.263 e. The average Bonchev–Trinajstić information content (AvgIpc) is 2.59. The number of carbonyl (C=O) groups is 1. The van der Waals surface area contributed by atoms with Gasteiger partial charge in [0.2, 0.25) is 0 Å². The van der Waals surface area contributed by atoms with Crippen molar-refractivity contribution in [2.75, 3.05) is 19.7 Å². The molecule has 0 N–H and O–H groups in total. The number of nitrogens with zero attached hydrogens (tertiary/aromatic N) is 2. The second-order valence-corrected chi connectivity index (χ2v) is 6.44. The van der Waals surface area contributed by atoms with E-state index in [1.807, 2.05) is 6.07 Å². The Morgan fingerprint density at radius 2 is 2.04 bits per heavy atom. The van der Waals surface area contributed by atoms with Gasteiger partial charge in [-0.2, -0.15) is 0 Å². The van der Waals surface area contributed by atoms with E-state index in [0.717, 1.165) is 5.56 Å². The molecule has 1 aromatic carbocycles. The molecule has 1 atom stereocenters. The molecule has 1 aromatic heterocycles. The molecule has 126 valence electrons. The zero-order valence-corrected chi connectivity index (χ0v) is 14.5. The largest absolute Gasteiger partial charge is 0.370 e. The Morgan fingerprint density at radius 3 is 2.79 bits per heavy atom. The van der Waals surface area contributed by atoms with Crippen LogP contribution in [0.5, 0.6) is 0 Å². The van der Waals surface area contributed by atoms with Gasteiger partial charge in [-0.1, -0.05) is 29.3 Å². The van der Waals surface area contributed by atoms with Crippen molar-refractivity contribution < 1.29 is 9.53 Å². The Balaban J connectivity index is 1.82. The predicted molar refractivity (Wildman–Crippen MR) is 92.7 cm³/mol. The molecule has 2 heterocycles. The molecule has 7 heteroatoms. The van der Waals surface area contributed by atoms with Crippen molar-refractivity contribution in [2.45, 2.75) is 6.10 Å². The summed E-state index contributed by atoms with van der Waals surface area (Å²) >= 11 is 12.0. The number of hydrogen-bond acceptors (Lipinski definition) is 3. The lowest BCUT2D eigenvalue weighted by Gasteiger charge is -2.33. The fourth-order valence-corrected chi connectivity index (χ4v) is 2.99. The lowest BCUT2D eigenvalue weighted by molar-refractivity contribution is -0.0228. The van der Waals surface area contributed by atoms with Gasteiger partial charge >= 0.3 is 0 Å². The van der Waals surface area contributed by atoms with Gasteiger partial charge in [0.25, 0.3) is 11.5 Å². The van der Waals surface area contributed by atoms with Crippen LogP contribution >= 0.6 is 23.2 Å². The second-order valence-electron chi connectivity index (χ2n) is 5.62. The van der Waals surface area contributed by atoms with Crippen molar-refractivity contribution in [3.8, 4) is 0 Å². The number of benzene rings is 1. The minimum Gasteiger partial charge on any atom is -0.370 e. The lowest BCUT2D eigenvalue weighted by Crippen LogP contribution is -2.44. The molecule has 0 bridgehead atoms. The van der Waals surface area contributed by atoms with E-state index in [1.54, 1.807) is 42.4 Å². The summed E-state index contributed by atoms with van der Waals surface area (Å²) in [5.41, 5.74) is 0.706. The van der Waals surface area contributed by atoms with Gasteiger partial charge in [0.05, 0.1) is 23.2 Å². The Bertz CT molecular complexity index is 835. The molecule has 3 rings (SSSR count). The number of hydrogen-bond donors (Lipinski definition) is 0. The number of amides is 1. The van der Waals surface area contributed by atoms with Gasteiger partial charge in [-0.25, -0.2) is 0 Å². The summed E-state index contributed by atoms with van der Waals surface area (Å²) in [6.07, 6.45) is 1.32. The molecule has 0 saturated carbocycles. The van der Waals surface area contributed by atoms with E-state index >= 15 is 0 Å². The zero-order valence-electron chi connectivity index (χ0n) is 13.0. The second kappa shape index (κ2) is 6.97. The van der Waals surface area contributed by atoms with Gasteiger partial charge < -0.3 is 14.2 Å². The summed E-state index contributed by atoms with van der Waals surface area (Å²) in [5, 5.41) is 0.912. The average molecular weight is 367 g/mol. The smallest absolute Gasteiger partial charge is 0.263 e. The number of ether oxygens (including phenoxy) is 1. The van der Waals surface area contributed by atoms with Crippen LogP contribution in [0.15, 0.2) is 41.3 Å². The summed E-state index contributed by atoms with van der Waals surface area (Å²) < 4.78 is 7.14. The number of aromatic nitrogens is 1. The minimum atomic E-state index is -0.305. The molecular formula is C17H16Cl2N2O3. The Labute approximate surface area is 149 Å². The molecule has 1 unspecified atom stereocenters. The molecule has 0 spiro atoms. The van der Waals surface area contributed by atoms with Gasteiger partial charge in [0.15, 0.2) is 0 Å². The molecule has 5 nitrogen and oxygen atoms in total. The van der Waals surface area contributed by atoms with Gasteiger partial charge in [-0.3, -0.25) is 9.59 Å². The van der Waals surface area contributed by atoms with E-state index in [-0.39, 0.29) is 23.1 Å². The van der Waals surface area contributed by atoms with Crippen LogP contribution in [0, 0.1) is 0 Å². The maximum absolute atomic E-state index is 12.7. The third-order valence-electron chi connectivity index (χ3n) is 4.02. The molecule has 0 aliphatic carbocycles. The maximum atomic E-state index is 12.7. The molecule has 24 heavy (non-hydrogen) atoms. The van der Waals surface area contributed by atoms with Crippen LogP contribution in [0.1, 0.15) is 22.0 Å². The summed E-state index contributed by atoms with van der Waals surface area (Å²) in [6.45, 7) is 1.19. The molecule has 1 amide bonds. The first-order valence-electron chi connectivity index (χ1n) is 7.49. The van der Waals surface area contributed by atoms with E-state index in [4.69, 9.17) is 27.9 Å². The van der Waals surface area contributed by atoms with Crippen LogP contribution in [0.25, 0.3) is 0 Å². The minimum absolute atomic E-state index is 0.162. The normalized spacial score (nSPS) is 17.8. The van der Waals surface area contributed by atoms with Gasteiger partial charge in [0, 0.05) is 19.8 Å². The highest BCUT2D eigenvalue weighted by atomic mass is 35.5. The predicted octanol–water partition coefficient (Wildman–Crippen LogP) is 2.91. The molecule has 1 fully saturated rings. The van der Waals surface area contributed by atoms with Gasteiger partial charge in [-0.15, -0.1) is 0 Å². The topological polar surface area (TPSA) is 51.5 Å². The zero-order chi connectivity index (χ0) is 17.3. The number of morpholine rings is 1. The van der Waals surface area contributed by atoms with E-state index in [2.05, 4.69) is 0 Å². The van der Waals surface area contributed by atoms with Crippen LogP contribution in [0.4, 0.5) is 0 Å². The Hall–Kier alpha value is -1.82. The summed E-state index contributed by atoms with van der Waals surface area (Å²) in [6, 6.07) is 8.51. The summed E-state index contributed by atoms with van der Waals surface area (Å²) in [7, 11) is 1.62. The van der Waals surface area contributed by atoms with Crippen LogP contribution in [-0.4, -0.2) is 35.1 Å². The van der Waals surface area contributed by atoms with E-state index in [9.17, 15) is 9.59 Å². The van der Waals surface area contributed by atoms with Crippen LogP contribution in [-0.2, 0) is 11.8 Å². The first-order chi connectivity index (χ1) is 11.5. The monoisotopic (exact) mass is 366 g/mol. The van der Waals surface area contributed by atoms with Crippen LogP contribution < -0.4 is 5.56 Å². The standard InChI is InChI=1S/C17H16Cl2N2O3/c1-20-6-2-3-12(16(20)22)17(23)21-7-8-24-15(10-21)11-4-5-13(18)14(19)9-11/h2-6,9,15H,7-8,10H2,1H3. The quantitative estimate of drug-likeness (QED) is 0.820. The number of halogens is 2. The third kappa shape index (κ3) is 3.34. The molecule has 2 aromatic rings. The van der Waals surface area contributed by atoms with Crippen LogP contribution in [0.2, 0.25) is 10.0 Å². The van der Waals surface area contributed by atoms with Crippen LogP contribution in [0.3, 0.4) is 0 Å². The number of rotatable bonds is 2. The first-order valence-corrected chi connectivity index (χ1v) is 8.24. The highest BCUT2D eigenvalue weighted by Gasteiger charge is 2.27. The summed E-state index contributed by atoms with van der Waals surface area (Å²) in [4.78, 5) is 26.5. The number of aryl methyl sites for hydroxylation is 1. The molecule has 1 saturated heterocycles. The van der Waals surface area contributed by atoms with Gasteiger partial charge in [0.1, 0.15) is 11.7 Å². The fraction of sp³-hybridized carbons (Fsp3) is 0.294. The van der Waals surface area contributed by atoms with Crippen molar-refractivity contribution in [1.29, 1.82) is 0 Å². The van der Waals surface area contributed by atoms with Crippen molar-refractivity contribution >= 4 is 29.1 Å². The highest BCUT2D eigenvalue weighted by molar-refractivity contribution is 6.42. The van der Waals surface area contributed by atoms with E-state index in [1.165, 1.54) is 4.57 Å². The highest BCUT2D eigenvalue weighted by Crippen LogP contribution is 2.29. The third-order valence-corrected chi connectivity index (χ3v) is 4.76.